The maximum absolute atomic E-state index is 12.5. The van der Waals surface area contributed by atoms with E-state index < -0.39 is 17.8 Å². The van der Waals surface area contributed by atoms with E-state index in [1.165, 1.54) is 11.0 Å². The van der Waals surface area contributed by atoms with E-state index in [-0.39, 0.29) is 11.6 Å². The highest BCUT2D eigenvalue weighted by Crippen LogP contribution is 2.30. The molecular weight excluding hydrogens is 263 g/mol. The molecule has 0 fully saturated rings. The third kappa shape index (κ3) is 2.79. The first-order chi connectivity index (χ1) is 8.90. The molecule has 0 spiro atoms. The van der Waals surface area contributed by atoms with E-state index in [1.807, 2.05) is 0 Å². The Morgan fingerprint density at radius 2 is 2.11 bits per heavy atom. The van der Waals surface area contributed by atoms with Gasteiger partial charge in [-0.3, -0.25) is 4.68 Å². The van der Waals surface area contributed by atoms with E-state index in [9.17, 15) is 13.2 Å². The Morgan fingerprint density at radius 3 is 2.63 bits per heavy atom. The molecule has 2 aromatic rings. The summed E-state index contributed by atoms with van der Waals surface area (Å²) in [5, 5.41) is 12.5. The second kappa shape index (κ2) is 4.56. The molecule has 2 rings (SSSR count). The summed E-state index contributed by atoms with van der Waals surface area (Å²) in [6.45, 7) is 0. The van der Waals surface area contributed by atoms with E-state index in [1.54, 1.807) is 13.1 Å². The predicted molar refractivity (Wildman–Crippen MR) is 55.0 cm³/mol. The van der Waals surface area contributed by atoms with E-state index >= 15 is 0 Å². The Labute approximate surface area is 105 Å². The molecule has 0 radical (unpaired) electrons. The zero-order valence-corrected chi connectivity index (χ0v) is 9.51. The lowest BCUT2D eigenvalue weighted by molar-refractivity contribution is -0.141. The summed E-state index contributed by atoms with van der Waals surface area (Å²) in [5.74, 6) is -0.483. The Bertz CT molecular complexity index is 643. The number of rotatable bonds is 2. The Hall–Kier alpha value is -2.63. The molecule has 0 saturated carbocycles. The van der Waals surface area contributed by atoms with E-state index in [4.69, 9.17) is 10.00 Å². The van der Waals surface area contributed by atoms with Crippen LogP contribution in [0.15, 0.2) is 18.5 Å². The van der Waals surface area contributed by atoms with Gasteiger partial charge in [0.1, 0.15) is 23.7 Å². The highest BCUT2D eigenvalue weighted by molar-refractivity contribution is 5.40. The fourth-order valence-electron chi connectivity index (χ4n) is 1.21. The van der Waals surface area contributed by atoms with Crippen molar-refractivity contribution in [3.63, 3.8) is 0 Å². The smallest absolute Gasteiger partial charge is 0.403 e. The van der Waals surface area contributed by atoms with Crippen LogP contribution in [0.25, 0.3) is 0 Å². The lowest BCUT2D eigenvalue weighted by Gasteiger charge is -2.08. The average Bonchev–Trinajstić information content (AvgIpc) is 2.73. The van der Waals surface area contributed by atoms with Gasteiger partial charge in [0.05, 0.1) is 0 Å². The van der Waals surface area contributed by atoms with Crippen LogP contribution in [0, 0.1) is 11.3 Å². The van der Waals surface area contributed by atoms with Crippen LogP contribution in [0.5, 0.6) is 11.9 Å². The number of nitrogens with zero attached hydrogens (tertiary/aromatic N) is 5. The normalized spacial score (nSPS) is 11.1. The van der Waals surface area contributed by atoms with Crippen molar-refractivity contribution in [2.24, 2.45) is 7.05 Å². The van der Waals surface area contributed by atoms with Gasteiger partial charge in [-0.05, 0) is 12.1 Å². The number of hydrogen-bond donors (Lipinski definition) is 0. The second-order valence-corrected chi connectivity index (χ2v) is 3.46. The minimum atomic E-state index is -4.62. The molecule has 0 aliphatic carbocycles. The van der Waals surface area contributed by atoms with Gasteiger partial charge in [-0.15, -0.1) is 5.10 Å². The molecule has 0 atom stereocenters. The lowest BCUT2D eigenvalue weighted by Crippen LogP contribution is -2.09. The third-order valence-corrected chi connectivity index (χ3v) is 2.04. The Kier molecular flexibility index (Phi) is 3.08. The van der Waals surface area contributed by atoms with Crippen LogP contribution in [0.1, 0.15) is 11.3 Å². The van der Waals surface area contributed by atoms with Gasteiger partial charge in [0.25, 0.3) is 0 Å². The van der Waals surface area contributed by atoms with E-state index in [0.717, 1.165) is 6.07 Å². The zero-order chi connectivity index (χ0) is 14.0. The lowest BCUT2D eigenvalue weighted by atomic mass is 10.2. The third-order valence-electron chi connectivity index (χ3n) is 2.04. The topological polar surface area (TPSA) is 76.6 Å². The van der Waals surface area contributed by atoms with Crippen molar-refractivity contribution in [2.45, 2.75) is 6.18 Å². The fourth-order valence-corrected chi connectivity index (χ4v) is 1.21. The molecule has 0 aromatic carbocycles. The van der Waals surface area contributed by atoms with Crippen LogP contribution in [0.4, 0.5) is 13.2 Å². The number of pyridine rings is 1. The monoisotopic (exact) mass is 269 g/mol. The van der Waals surface area contributed by atoms with Crippen molar-refractivity contribution in [1.29, 1.82) is 5.26 Å². The van der Waals surface area contributed by atoms with Gasteiger partial charge in [-0.2, -0.15) is 23.4 Å². The van der Waals surface area contributed by atoms with Crippen LogP contribution in [0.3, 0.4) is 0 Å². The molecule has 98 valence electrons. The zero-order valence-electron chi connectivity index (χ0n) is 9.51. The Balaban J connectivity index is 2.40. The fraction of sp³-hybridized carbons (Fsp3) is 0.200. The van der Waals surface area contributed by atoms with Gasteiger partial charge in [0.2, 0.25) is 5.88 Å². The number of ether oxygens (including phenoxy) is 1. The van der Waals surface area contributed by atoms with Crippen LogP contribution < -0.4 is 4.74 Å². The van der Waals surface area contributed by atoms with Gasteiger partial charge in [0, 0.05) is 7.05 Å². The van der Waals surface area contributed by atoms with Gasteiger partial charge >= 0.3 is 12.2 Å². The molecule has 0 unspecified atom stereocenters. The molecule has 0 amide bonds. The quantitative estimate of drug-likeness (QED) is 0.832. The SMILES string of the molecule is Cn1cnc(Oc2nc(C(F)(F)F)ccc2C#N)n1. The first-order valence-electron chi connectivity index (χ1n) is 4.92. The largest absolute Gasteiger partial charge is 0.433 e. The molecule has 0 N–H and O–H groups in total. The summed E-state index contributed by atoms with van der Waals surface area (Å²) in [4.78, 5) is 6.94. The predicted octanol–water partition coefficient (Wildman–Crippen LogP) is 1.89. The van der Waals surface area contributed by atoms with Gasteiger partial charge < -0.3 is 4.74 Å². The Morgan fingerprint density at radius 1 is 1.37 bits per heavy atom. The first kappa shape index (κ1) is 12.8. The summed E-state index contributed by atoms with van der Waals surface area (Å²) in [6, 6.07) is 3.18. The summed E-state index contributed by atoms with van der Waals surface area (Å²) in [5.41, 5.74) is -1.29. The van der Waals surface area contributed by atoms with Crippen LogP contribution in [0.2, 0.25) is 0 Å². The molecular formula is C10H6F3N5O. The molecule has 6 nitrogen and oxygen atoms in total. The molecule has 2 aromatic heterocycles. The molecule has 0 saturated heterocycles. The van der Waals surface area contributed by atoms with Crippen molar-refractivity contribution < 1.29 is 17.9 Å². The number of aryl methyl sites for hydroxylation is 1. The minimum absolute atomic E-state index is 0.138. The molecule has 2 heterocycles. The van der Waals surface area contributed by atoms with Crippen molar-refractivity contribution in [3.8, 4) is 18.0 Å². The highest BCUT2D eigenvalue weighted by Gasteiger charge is 2.33. The molecule has 0 aliphatic rings. The summed E-state index contributed by atoms with van der Waals surface area (Å²) in [7, 11) is 1.56. The number of halogens is 3. The summed E-state index contributed by atoms with van der Waals surface area (Å²) < 4.78 is 43.8. The molecule has 0 aliphatic heterocycles. The van der Waals surface area contributed by atoms with Crippen molar-refractivity contribution in [1.82, 2.24) is 19.7 Å². The van der Waals surface area contributed by atoms with Crippen LogP contribution >= 0.6 is 0 Å². The van der Waals surface area contributed by atoms with Gasteiger partial charge in [-0.25, -0.2) is 4.98 Å². The standard InChI is InChI=1S/C10H6F3N5O/c1-18-5-15-9(17-18)19-8-6(4-14)2-3-7(16-8)10(11,12)13/h2-3,5H,1H3. The minimum Gasteiger partial charge on any atom is -0.403 e. The van der Waals surface area contributed by atoms with Gasteiger partial charge in [-0.1, -0.05) is 0 Å². The maximum atomic E-state index is 12.5. The van der Waals surface area contributed by atoms with Crippen LogP contribution in [-0.4, -0.2) is 19.7 Å². The second-order valence-electron chi connectivity index (χ2n) is 3.46. The number of alkyl halides is 3. The maximum Gasteiger partial charge on any atom is 0.433 e. The van der Waals surface area contributed by atoms with Crippen molar-refractivity contribution in [2.75, 3.05) is 0 Å². The summed E-state index contributed by atoms with van der Waals surface area (Å²) >= 11 is 0. The molecule has 19 heavy (non-hydrogen) atoms. The number of nitriles is 1. The summed E-state index contributed by atoms with van der Waals surface area (Å²) in [6.07, 6.45) is -3.32. The molecule has 9 heteroatoms. The van der Waals surface area contributed by atoms with Crippen molar-refractivity contribution in [3.05, 3.63) is 29.7 Å². The van der Waals surface area contributed by atoms with Gasteiger partial charge in [0.15, 0.2) is 0 Å². The first-order valence-corrected chi connectivity index (χ1v) is 4.92. The molecule has 0 bridgehead atoms. The highest BCUT2D eigenvalue weighted by atomic mass is 19.4. The van der Waals surface area contributed by atoms with E-state index in [0.29, 0.717) is 6.07 Å². The van der Waals surface area contributed by atoms with Crippen LogP contribution in [-0.2, 0) is 13.2 Å². The van der Waals surface area contributed by atoms with Crippen molar-refractivity contribution >= 4 is 0 Å². The number of aromatic nitrogens is 4. The number of hydrogen-bond acceptors (Lipinski definition) is 5. The average molecular weight is 269 g/mol. The van der Waals surface area contributed by atoms with E-state index in [2.05, 4.69) is 15.1 Å².